The summed E-state index contributed by atoms with van der Waals surface area (Å²) in [5.41, 5.74) is 3.20. The highest BCUT2D eigenvalue weighted by atomic mass is 35.5. The van der Waals surface area contributed by atoms with Gasteiger partial charge in [-0.15, -0.1) is 0 Å². The number of halogens is 2. The van der Waals surface area contributed by atoms with Crippen molar-refractivity contribution in [2.75, 3.05) is 13.2 Å². The zero-order valence-corrected chi connectivity index (χ0v) is 19.8. The Balaban J connectivity index is 1.48. The predicted octanol–water partition coefficient (Wildman–Crippen LogP) is 5.00. The largest absolute Gasteiger partial charge is 0.491 e. The van der Waals surface area contributed by atoms with Crippen molar-refractivity contribution in [1.29, 1.82) is 0 Å². The van der Waals surface area contributed by atoms with Crippen LogP contribution in [0, 0.1) is 5.92 Å². The molecule has 0 radical (unpaired) electrons. The van der Waals surface area contributed by atoms with Gasteiger partial charge >= 0.3 is 5.97 Å². The van der Waals surface area contributed by atoms with Crippen LogP contribution in [0.5, 0.6) is 5.75 Å². The Labute approximate surface area is 199 Å². The lowest BCUT2D eigenvalue weighted by atomic mass is 9.88. The number of carbonyl (C=O) groups is 1. The summed E-state index contributed by atoms with van der Waals surface area (Å²) in [5.74, 6) is -0.0858. The summed E-state index contributed by atoms with van der Waals surface area (Å²) < 4.78 is 5.68. The molecule has 7 heteroatoms. The molecule has 2 aromatic rings. The first kappa shape index (κ1) is 24.6. The average Bonchev–Trinajstić information content (AvgIpc) is 3.13. The van der Waals surface area contributed by atoms with E-state index in [1.807, 2.05) is 0 Å². The maximum absolute atomic E-state index is 10.8. The van der Waals surface area contributed by atoms with Crippen molar-refractivity contribution in [2.24, 2.45) is 5.92 Å². The first-order valence-electron chi connectivity index (χ1n) is 10.7. The van der Waals surface area contributed by atoms with Crippen LogP contribution in [0.3, 0.4) is 0 Å². The van der Waals surface area contributed by atoms with E-state index >= 15 is 0 Å². The minimum absolute atomic E-state index is 0.0675. The lowest BCUT2D eigenvalue weighted by Crippen LogP contribution is -2.46. The molecular formula is C25H29Cl2NO4. The lowest BCUT2D eigenvalue weighted by molar-refractivity contribution is -0.131. The normalized spacial score (nSPS) is 15.2. The second-order valence-electron chi connectivity index (χ2n) is 8.96. The number of β-amino-alcohol motifs (C(OH)–C–C–N with tert-alkyl or cyclic N) is 1. The van der Waals surface area contributed by atoms with E-state index in [2.05, 4.69) is 43.4 Å². The van der Waals surface area contributed by atoms with Gasteiger partial charge in [-0.05, 0) is 67.9 Å². The summed E-state index contributed by atoms with van der Waals surface area (Å²) in [5, 5.41) is 23.2. The highest BCUT2D eigenvalue weighted by Gasteiger charge is 2.28. The predicted molar refractivity (Wildman–Crippen MR) is 129 cm³/mol. The SMILES string of the molecule is CC(C)(CC1Cc2ccccc2C1)NCC(O)COc1cc(Cl)c(Cl)c(C=CC(=O)O)c1. The van der Waals surface area contributed by atoms with E-state index in [1.165, 1.54) is 17.2 Å². The Hall–Kier alpha value is -2.05. The zero-order chi connectivity index (χ0) is 23.3. The number of hydrogen-bond donors (Lipinski definition) is 3. The topological polar surface area (TPSA) is 78.8 Å². The molecule has 3 N–H and O–H groups in total. The average molecular weight is 478 g/mol. The van der Waals surface area contributed by atoms with Crippen molar-refractivity contribution in [1.82, 2.24) is 5.32 Å². The number of rotatable bonds is 10. The van der Waals surface area contributed by atoms with E-state index in [4.69, 9.17) is 33.0 Å². The molecule has 2 aromatic carbocycles. The minimum Gasteiger partial charge on any atom is -0.491 e. The molecule has 172 valence electrons. The van der Waals surface area contributed by atoms with Crippen LogP contribution >= 0.6 is 23.2 Å². The van der Waals surface area contributed by atoms with Crippen LogP contribution in [0.1, 0.15) is 37.0 Å². The molecule has 5 nitrogen and oxygen atoms in total. The quantitative estimate of drug-likeness (QED) is 0.419. The van der Waals surface area contributed by atoms with E-state index in [0.717, 1.165) is 25.3 Å². The molecule has 0 amide bonds. The van der Waals surface area contributed by atoms with E-state index in [0.29, 0.717) is 23.8 Å². The van der Waals surface area contributed by atoms with Crippen molar-refractivity contribution in [2.45, 2.75) is 44.8 Å². The zero-order valence-electron chi connectivity index (χ0n) is 18.3. The molecule has 1 unspecified atom stereocenters. The third kappa shape index (κ3) is 6.97. The first-order valence-corrected chi connectivity index (χ1v) is 11.4. The molecular weight excluding hydrogens is 449 g/mol. The van der Waals surface area contributed by atoms with Gasteiger partial charge in [0.15, 0.2) is 0 Å². The second kappa shape index (κ2) is 10.7. The third-order valence-electron chi connectivity index (χ3n) is 5.63. The minimum atomic E-state index is -1.09. The number of fused-ring (bicyclic) bond motifs is 1. The van der Waals surface area contributed by atoms with Crippen LogP contribution < -0.4 is 10.1 Å². The molecule has 0 spiro atoms. The highest BCUT2D eigenvalue weighted by molar-refractivity contribution is 6.43. The van der Waals surface area contributed by atoms with E-state index in [1.54, 1.807) is 12.1 Å². The molecule has 1 aliphatic rings. The molecule has 1 aliphatic carbocycles. The van der Waals surface area contributed by atoms with Crippen molar-refractivity contribution in [3.8, 4) is 5.75 Å². The maximum atomic E-state index is 10.8. The van der Waals surface area contributed by atoms with Crippen molar-refractivity contribution < 1.29 is 19.7 Å². The summed E-state index contributed by atoms with van der Waals surface area (Å²) in [6.07, 6.45) is 4.83. The number of hydrogen-bond acceptors (Lipinski definition) is 4. The van der Waals surface area contributed by atoms with Crippen LogP contribution in [0.2, 0.25) is 10.0 Å². The molecule has 0 saturated carbocycles. The molecule has 0 heterocycles. The van der Waals surface area contributed by atoms with Crippen LogP contribution in [-0.2, 0) is 17.6 Å². The van der Waals surface area contributed by atoms with Gasteiger partial charge in [-0.3, -0.25) is 0 Å². The van der Waals surface area contributed by atoms with Crippen LogP contribution in [0.4, 0.5) is 0 Å². The summed E-state index contributed by atoms with van der Waals surface area (Å²) in [4.78, 5) is 10.8. The number of aliphatic carboxylic acids is 1. The van der Waals surface area contributed by atoms with Gasteiger partial charge in [0.05, 0.1) is 10.0 Å². The lowest BCUT2D eigenvalue weighted by Gasteiger charge is -2.30. The second-order valence-corrected chi connectivity index (χ2v) is 9.74. The van der Waals surface area contributed by atoms with Gasteiger partial charge in [-0.25, -0.2) is 4.79 Å². The summed E-state index contributed by atoms with van der Waals surface area (Å²) >= 11 is 12.2. The smallest absolute Gasteiger partial charge is 0.328 e. The molecule has 0 bridgehead atoms. The van der Waals surface area contributed by atoms with Gasteiger partial charge < -0.3 is 20.3 Å². The monoisotopic (exact) mass is 477 g/mol. The molecule has 3 rings (SSSR count). The Morgan fingerprint density at radius 1 is 1.25 bits per heavy atom. The molecule has 0 saturated heterocycles. The van der Waals surface area contributed by atoms with E-state index < -0.39 is 12.1 Å². The van der Waals surface area contributed by atoms with Crippen LogP contribution in [-0.4, -0.2) is 41.0 Å². The van der Waals surface area contributed by atoms with Gasteiger partial charge in [0, 0.05) is 24.2 Å². The molecule has 1 atom stereocenters. The van der Waals surface area contributed by atoms with Gasteiger partial charge in [0.25, 0.3) is 0 Å². The first-order chi connectivity index (χ1) is 15.1. The fourth-order valence-electron chi connectivity index (χ4n) is 4.18. The van der Waals surface area contributed by atoms with Crippen molar-refractivity contribution in [3.63, 3.8) is 0 Å². The molecule has 0 aromatic heterocycles. The van der Waals surface area contributed by atoms with Gasteiger partial charge in [0.1, 0.15) is 18.5 Å². The highest BCUT2D eigenvalue weighted by Crippen LogP contribution is 2.33. The Kier molecular flexibility index (Phi) is 8.23. The summed E-state index contributed by atoms with van der Waals surface area (Å²) in [6.45, 7) is 4.77. The number of carboxylic acid groups (broad SMARTS) is 1. The van der Waals surface area contributed by atoms with Crippen LogP contribution in [0.25, 0.3) is 6.08 Å². The van der Waals surface area contributed by atoms with E-state index in [9.17, 15) is 9.90 Å². The Morgan fingerprint density at radius 3 is 2.53 bits per heavy atom. The number of carboxylic acids is 1. The van der Waals surface area contributed by atoms with Crippen molar-refractivity contribution >= 4 is 35.2 Å². The number of ether oxygens (including phenoxy) is 1. The number of nitrogens with one attached hydrogen (secondary N) is 1. The van der Waals surface area contributed by atoms with E-state index in [-0.39, 0.29) is 22.2 Å². The van der Waals surface area contributed by atoms with Gasteiger partial charge in [0.2, 0.25) is 0 Å². The number of aliphatic hydroxyl groups is 1. The molecule has 32 heavy (non-hydrogen) atoms. The van der Waals surface area contributed by atoms with Crippen LogP contribution in [0.15, 0.2) is 42.5 Å². The van der Waals surface area contributed by atoms with Gasteiger partial charge in [-0.1, -0.05) is 47.5 Å². The number of aliphatic hydroxyl groups excluding tert-OH is 1. The molecule has 0 aliphatic heterocycles. The Morgan fingerprint density at radius 2 is 1.91 bits per heavy atom. The standard InChI is InChI=1S/C25H29Cl2NO4/c1-25(2,13-16-9-17-5-3-4-6-18(17)10-16)28-14-20(29)15-32-21-11-19(7-8-23(30)31)24(27)22(26)12-21/h3-8,11-12,16,20,28-29H,9-10,13-15H2,1-2H3,(H,30,31). The summed E-state index contributed by atoms with van der Waals surface area (Å²) in [7, 11) is 0. The summed E-state index contributed by atoms with van der Waals surface area (Å²) in [6, 6.07) is 11.8. The number of benzene rings is 2. The fourth-order valence-corrected chi connectivity index (χ4v) is 4.57. The Bertz CT molecular complexity index is 965. The van der Waals surface area contributed by atoms with Gasteiger partial charge in [-0.2, -0.15) is 0 Å². The van der Waals surface area contributed by atoms with Crippen molar-refractivity contribution in [3.05, 3.63) is 69.2 Å². The maximum Gasteiger partial charge on any atom is 0.328 e. The molecule has 0 fully saturated rings. The fraction of sp³-hybridized carbons (Fsp3) is 0.400. The third-order valence-corrected chi connectivity index (χ3v) is 6.45.